The molecule has 4 aromatic rings. The number of hydrogen-bond donors (Lipinski definition) is 1. The molecule has 3 heterocycles. The van der Waals surface area contributed by atoms with E-state index in [2.05, 4.69) is 15.3 Å². The van der Waals surface area contributed by atoms with Gasteiger partial charge in [0, 0.05) is 35.6 Å². The maximum absolute atomic E-state index is 13.1. The third-order valence-electron chi connectivity index (χ3n) is 4.88. The molecule has 0 radical (unpaired) electrons. The van der Waals surface area contributed by atoms with Crippen molar-refractivity contribution in [3.63, 3.8) is 0 Å². The third-order valence-corrected chi connectivity index (χ3v) is 5.79. The zero-order valence-electron chi connectivity index (χ0n) is 16.6. The first kappa shape index (κ1) is 19.0. The van der Waals surface area contributed by atoms with E-state index in [0.717, 1.165) is 32.7 Å². The molecule has 4 rings (SSSR count). The summed E-state index contributed by atoms with van der Waals surface area (Å²) in [5.41, 5.74) is 4.55. The standard InChI is InChI=1S/C22H20N4O2S/c1-12-5-6-16(25-21(27)20-11-24-14(3)29-20)9-17(12)18-8-15-10-23-13(2)7-19(15)26(4)22(18)28/h5-11H,1-4H3,(H,25,27). The Morgan fingerprint density at radius 3 is 2.55 bits per heavy atom. The van der Waals surface area contributed by atoms with Crippen molar-refractivity contribution >= 4 is 33.8 Å². The lowest BCUT2D eigenvalue weighted by atomic mass is 9.99. The summed E-state index contributed by atoms with van der Waals surface area (Å²) in [6.07, 6.45) is 3.35. The second kappa shape index (κ2) is 7.25. The minimum absolute atomic E-state index is 0.0900. The summed E-state index contributed by atoms with van der Waals surface area (Å²) in [5, 5.41) is 4.62. The fourth-order valence-corrected chi connectivity index (χ4v) is 3.98. The second-order valence-corrected chi connectivity index (χ2v) is 8.27. The van der Waals surface area contributed by atoms with Crippen LogP contribution in [0.2, 0.25) is 0 Å². The molecule has 0 unspecified atom stereocenters. The SMILES string of the molecule is Cc1cc2c(cn1)cc(-c1cc(NC(=O)c3cnc(C)s3)ccc1C)c(=O)n2C. The lowest BCUT2D eigenvalue weighted by Crippen LogP contribution is -2.19. The van der Waals surface area contributed by atoms with Crippen molar-refractivity contribution in [3.05, 3.63) is 74.2 Å². The van der Waals surface area contributed by atoms with Gasteiger partial charge in [-0.05, 0) is 56.2 Å². The largest absolute Gasteiger partial charge is 0.321 e. The quantitative estimate of drug-likeness (QED) is 0.554. The van der Waals surface area contributed by atoms with Gasteiger partial charge in [-0.15, -0.1) is 11.3 Å². The third kappa shape index (κ3) is 3.56. The minimum atomic E-state index is -0.212. The topological polar surface area (TPSA) is 76.9 Å². The van der Waals surface area contributed by atoms with Crippen LogP contribution in [0.25, 0.3) is 22.0 Å². The highest BCUT2D eigenvalue weighted by Crippen LogP contribution is 2.27. The van der Waals surface area contributed by atoms with Crippen LogP contribution in [-0.2, 0) is 7.05 Å². The first-order valence-corrected chi connectivity index (χ1v) is 9.96. The Hall–Kier alpha value is -3.32. The highest BCUT2D eigenvalue weighted by molar-refractivity contribution is 7.13. The van der Waals surface area contributed by atoms with Gasteiger partial charge in [0.1, 0.15) is 4.88 Å². The van der Waals surface area contributed by atoms with E-state index in [1.807, 2.05) is 51.1 Å². The number of thiazole rings is 1. The summed E-state index contributed by atoms with van der Waals surface area (Å²) in [6, 6.07) is 9.35. The van der Waals surface area contributed by atoms with Crippen LogP contribution >= 0.6 is 11.3 Å². The molecular formula is C22H20N4O2S. The molecular weight excluding hydrogens is 384 g/mol. The van der Waals surface area contributed by atoms with Gasteiger partial charge in [0.15, 0.2) is 0 Å². The number of aromatic nitrogens is 3. The number of benzene rings is 1. The van der Waals surface area contributed by atoms with Gasteiger partial charge in [-0.1, -0.05) is 6.07 Å². The van der Waals surface area contributed by atoms with Crippen molar-refractivity contribution in [2.75, 3.05) is 5.32 Å². The van der Waals surface area contributed by atoms with Crippen molar-refractivity contribution in [1.82, 2.24) is 14.5 Å². The molecule has 29 heavy (non-hydrogen) atoms. The number of nitrogens with one attached hydrogen (secondary N) is 1. The van der Waals surface area contributed by atoms with Crippen LogP contribution in [0.1, 0.15) is 25.9 Å². The number of nitrogens with zero attached hydrogens (tertiary/aromatic N) is 3. The van der Waals surface area contributed by atoms with Gasteiger partial charge < -0.3 is 9.88 Å². The van der Waals surface area contributed by atoms with E-state index >= 15 is 0 Å². The fraction of sp³-hybridized carbons (Fsp3) is 0.182. The number of anilines is 1. The van der Waals surface area contributed by atoms with Gasteiger partial charge in [-0.2, -0.15) is 0 Å². The Labute approximate surface area is 171 Å². The lowest BCUT2D eigenvalue weighted by Gasteiger charge is -2.13. The Kier molecular flexibility index (Phi) is 4.76. The summed E-state index contributed by atoms with van der Waals surface area (Å²) < 4.78 is 1.64. The normalized spacial score (nSPS) is 11.0. The Balaban J connectivity index is 1.78. The first-order chi connectivity index (χ1) is 13.8. The maximum Gasteiger partial charge on any atom is 0.267 e. The molecule has 0 fully saturated rings. The number of aryl methyl sites for hydroxylation is 4. The molecule has 0 spiro atoms. The van der Waals surface area contributed by atoms with E-state index < -0.39 is 0 Å². The predicted octanol–water partition coefficient (Wildman–Crippen LogP) is 4.23. The van der Waals surface area contributed by atoms with E-state index in [1.165, 1.54) is 11.3 Å². The number of amides is 1. The van der Waals surface area contributed by atoms with Crippen LogP contribution in [0.4, 0.5) is 5.69 Å². The van der Waals surface area contributed by atoms with Gasteiger partial charge in [-0.25, -0.2) is 4.98 Å². The molecule has 6 nitrogen and oxygen atoms in total. The summed E-state index contributed by atoms with van der Waals surface area (Å²) in [7, 11) is 1.76. The van der Waals surface area contributed by atoms with E-state index in [1.54, 1.807) is 24.0 Å². The Morgan fingerprint density at radius 2 is 1.83 bits per heavy atom. The van der Waals surface area contributed by atoms with Crippen molar-refractivity contribution in [2.45, 2.75) is 20.8 Å². The van der Waals surface area contributed by atoms with Gasteiger partial charge in [0.05, 0.1) is 16.7 Å². The van der Waals surface area contributed by atoms with Crippen molar-refractivity contribution in [2.24, 2.45) is 7.05 Å². The van der Waals surface area contributed by atoms with Gasteiger partial charge in [-0.3, -0.25) is 14.6 Å². The van der Waals surface area contributed by atoms with Crippen LogP contribution in [0.3, 0.4) is 0 Å². The van der Waals surface area contributed by atoms with E-state index in [9.17, 15) is 9.59 Å². The van der Waals surface area contributed by atoms with Crippen LogP contribution in [0.15, 0.2) is 47.5 Å². The number of rotatable bonds is 3. The number of pyridine rings is 2. The highest BCUT2D eigenvalue weighted by Gasteiger charge is 2.14. The zero-order valence-corrected chi connectivity index (χ0v) is 17.4. The van der Waals surface area contributed by atoms with Crippen molar-refractivity contribution in [1.29, 1.82) is 0 Å². The Bertz CT molecular complexity index is 1320. The fourth-order valence-electron chi connectivity index (χ4n) is 3.31. The molecule has 1 N–H and O–H groups in total. The first-order valence-electron chi connectivity index (χ1n) is 9.14. The summed E-state index contributed by atoms with van der Waals surface area (Å²) in [5.74, 6) is -0.212. The molecule has 0 atom stereocenters. The molecule has 1 amide bonds. The van der Waals surface area contributed by atoms with E-state index in [4.69, 9.17) is 0 Å². The lowest BCUT2D eigenvalue weighted by molar-refractivity contribution is 0.103. The average molecular weight is 404 g/mol. The van der Waals surface area contributed by atoms with Crippen molar-refractivity contribution < 1.29 is 4.79 Å². The average Bonchev–Trinajstić information content (AvgIpc) is 3.13. The Morgan fingerprint density at radius 1 is 1.03 bits per heavy atom. The van der Waals surface area contributed by atoms with Crippen LogP contribution in [-0.4, -0.2) is 20.4 Å². The number of carbonyl (C=O) groups excluding carboxylic acids is 1. The molecule has 7 heteroatoms. The number of hydrogen-bond acceptors (Lipinski definition) is 5. The van der Waals surface area contributed by atoms with Crippen LogP contribution in [0, 0.1) is 20.8 Å². The van der Waals surface area contributed by atoms with Gasteiger partial charge in [0.25, 0.3) is 11.5 Å². The molecule has 146 valence electrons. The van der Waals surface area contributed by atoms with Crippen LogP contribution < -0.4 is 10.9 Å². The van der Waals surface area contributed by atoms with Gasteiger partial charge >= 0.3 is 0 Å². The molecule has 1 aromatic carbocycles. The summed E-state index contributed by atoms with van der Waals surface area (Å²) >= 11 is 1.34. The maximum atomic E-state index is 13.1. The summed E-state index contributed by atoms with van der Waals surface area (Å²) in [6.45, 7) is 5.71. The molecule has 3 aromatic heterocycles. The molecule has 0 bridgehead atoms. The smallest absolute Gasteiger partial charge is 0.267 e. The second-order valence-electron chi connectivity index (χ2n) is 7.03. The molecule has 0 aliphatic carbocycles. The predicted molar refractivity (Wildman–Crippen MR) is 117 cm³/mol. The monoisotopic (exact) mass is 404 g/mol. The molecule has 0 aliphatic rings. The van der Waals surface area contributed by atoms with E-state index in [0.29, 0.717) is 16.1 Å². The van der Waals surface area contributed by atoms with Crippen LogP contribution in [0.5, 0.6) is 0 Å². The van der Waals surface area contributed by atoms with Crippen molar-refractivity contribution in [3.8, 4) is 11.1 Å². The number of fused-ring (bicyclic) bond motifs is 1. The number of carbonyl (C=O) groups is 1. The zero-order chi connectivity index (χ0) is 20.7. The highest BCUT2D eigenvalue weighted by atomic mass is 32.1. The summed E-state index contributed by atoms with van der Waals surface area (Å²) in [4.78, 5) is 34.5. The molecule has 0 saturated heterocycles. The molecule has 0 aliphatic heterocycles. The molecule has 0 saturated carbocycles. The van der Waals surface area contributed by atoms with E-state index in [-0.39, 0.29) is 11.5 Å². The minimum Gasteiger partial charge on any atom is -0.321 e. The van der Waals surface area contributed by atoms with Gasteiger partial charge in [0.2, 0.25) is 0 Å².